The van der Waals surface area contributed by atoms with Gasteiger partial charge in [-0.05, 0) is 52.7 Å². The summed E-state index contributed by atoms with van der Waals surface area (Å²) < 4.78 is 0. The van der Waals surface area contributed by atoms with Gasteiger partial charge in [-0.2, -0.15) is 0 Å². The largest absolute Gasteiger partial charge is 0.329 e. The summed E-state index contributed by atoms with van der Waals surface area (Å²) in [5.74, 6) is 0.763. The fraction of sp³-hybridized carbons (Fsp3) is 1.00. The molecule has 0 spiro atoms. The van der Waals surface area contributed by atoms with Crippen LogP contribution in [-0.2, 0) is 0 Å². The first-order valence-corrected chi connectivity index (χ1v) is 8.77. The maximum atomic E-state index is 6.27. The highest BCUT2D eigenvalue weighted by atomic mass is 15.3. The van der Waals surface area contributed by atoms with Gasteiger partial charge in [0.25, 0.3) is 0 Å². The molecule has 4 nitrogen and oxygen atoms in total. The van der Waals surface area contributed by atoms with Crippen molar-refractivity contribution >= 4 is 0 Å². The van der Waals surface area contributed by atoms with E-state index in [0.717, 1.165) is 12.5 Å². The molecule has 0 aromatic heterocycles. The molecule has 124 valence electrons. The van der Waals surface area contributed by atoms with Gasteiger partial charge in [-0.1, -0.05) is 13.8 Å². The molecule has 0 radical (unpaired) electrons. The number of likely N-dealkylation sites (tertiary alicyclic amines) is 1. The fourth-order valence-electron chi connectivity index (χ4n) is 4.11. The van der Waals surface area contributed by atoms with Crippen LogP contribution in [0.25, 0.3) is 0 Å². The number of nitrogens with two attached hydrogens (primary N) is 1. The maximum Gasteiger partial charge on any atom is 0.0357 e. The van der Waals surface area contributed by atoms with E-state index in [9.17, 15) is 0 Å². The normalized spacial score (nSPS) is 32.7. The van der Waals surface area contributed by atoms with Crippen molar-refractivity contribution in [2.75, 3.05) is 46.3 Å². The zero-order chi connectivity index (χ0) is 15.6. The van der Waals surface area contributed by atoms with Gasteiger partial charge in [0.1, 0.15) is 0 Å². The van der Waals surface area contributed by atoms with Gasteiger partial charge in [0.15, 0.2) is 0 Å². The summed E-state index contributed by atoms with van der Waals surface area (Å²) in [5.41, 5.74) is 6.51. The van der Waals surface area contributed by atoms with Crippen LogP contribution >= 0.6 is 0 Å². The Kier molecular flexibility index (Phi) is 5.69. The lowest BCUT2D eigenvalue weighted by Gasteiger charge is -2.54. The second-order valence-corrected chi connectivity index (χ2v) is 7.89. The Balaban J connectivity index is 1.99. The first-order valence-electron chi connectivity index (χ1n) is 8.77. The van der Waals surface area contributed by atoms with E-state index in [0.29, 0.717) is 12.1 Å². The van der Waals surface area contributed by atoms with Gasteiger partial charge in [-0.3, -0.25) is 9.80 Å². The molecule has 0 bridgehead atoms. The Morgan fingerprint density at radius 1 is 1.10 bits per heavy atom. The van der Waals surface area contributed by atoms with Gasteiger partial charge < -0.3 is 10.6 Å². The van der Waals surface area contributed by atoms with Crippen LogP contribution in [0.3, 0.4) is 0 Å². The Labute approximate surface area is 131 Å². The first-order chi connectivity index (χ1) is 9.88. The predicted octanol–water partition coefficient (Wildman–Crippen LogP) is 1.46. The molecule has 2 aliphatic heterocycles. The van der Waals surface area contributed by atoms with Crippen molar-refractivity contribution in [2.45, 2.75) is 58.2 Å². The average Bonchev–Trinajstić information content (AvgIpc) is 2.45. The standard InChI is InChI=1S/C17H36N4/c1-14(2)10-20-8-6-17(13-18,7-9-20)21-11-15(3)19(5)16(4)12-21/h14-16H,6-13,18H2,1-5H3. The number of rotatable bonds is 4. The van der Waals surface area contributed by atoms with Crippen molar-refractivity contribution in [3.63, 3.8) is 0 Å². The fourth-order valence-corrected chi connectivity index (χ4v) is 4.11. The van der Waals surface area contributed by atoms with Gasteiger partial charge in [0, 0.05) is 43.8 Å². The molecule has 2 heterocycles. The summed E-state index contributed by atoms with van der Waals surface area (Å²) in [4.78, 5) is 7.85. The first kappa shape index (κ1) is 17.2. The number of nitrogens with zero attached hydrogens (tertiary/aromatic N) is 3. The second-order valence-electron chi connectivity index (χ2n) is 7.89. The van der Waals surface area contributed by atoms with Crippen LogP contribution < -0.4 is 5.73 Å². The molecular formula is C17H36N4. The van der Waals surface area contributed by atoms with E-state index in [1.165, 1.54) is 45.6 Å². The quantitative estimate of drug-likeness (QED) is 0.852. The Bertz CT molecular complexity index is 311. The SMILES string of the molecule is CC(C)CN1CCC(CN)(N2CC(C)N(C)C(C)C2)CC1. The molecule has 0 aromatic carbocycles. The van der Waals surface area contributed by atoms with Crippen molar-refractivity contribution in [1.82, 2.24) is 14.7 Å². The molecule has 2 aliphatic rings. The molecule has 4 heteroatoms. The summed E-state index contributed by atoms with van der Waals surface area (Å²) in [6, 6.07) is 1.26. The molecule has 21 heavy (non-hydrogen) atoms. The van der Waals surface area contributed by atoms with Crippen molar-refractivity contribution < 1.29 is 0 Å². The van der Waals surface area contributed by atoms with Crippen LogP contribution in [0.15, 0.2) is 0 Å². The van der Waals surface area contributed by atoms with Gasteiger partial charge >= 0.3 is 0 Å². The van der Waals surface area contributed by atoms with Crippen LogP contribution in [0.2, 0.25) is 0 Å². The van der Waals surface area contributed by atoms with Crippen LogP contribution in [0.5, 0.6) is 0 Å². The third kappa shape index (κ3) is 3.79. The number of piperazine rings is 1. The molecule has 0 amide bonds. The summed E-state index contributed by atoms with van der Waals surface area (Å²) in [5, 5.41) is 0. The monoisotopic (exact) mass is 296 g/mol. The van der Waals surface area contributed by atoms with Gasteiger partial charge in [0.2, 0.25) is 0 Å². The highest BCUT2D eigenvalue weighted by molar-refractivity contribution is 5.00. The minimum atomic E-state index is 0.247. The Morgan fingerprint density at radius 3 is 2.05 bits per heavy atom. The lowest BCUT2D eigenvalue weighted by atomic mass is 9.83. The Morgan fingerprint density at radius 2 is 1.62 bits per heavy atom. The van der Waals surface area contributed by atoms with Crippen molar-refractivity contribution in [3.8, 4) is 0 Å². The highest BCUT2D eigenvalue weighted by Crippen LogP contribution is 2.31. The maximum absolute atomic E-state index is 6.27. The van der Waals surface area contributed by atoms with E-state index >= 15 is 0 Å². The summed E-state index contributed by atoms with van der Waals surface area (Å²) in [6.07, 6.45) is 2.47. The summed E-state index contributed by atoms with van der Waals surface area (Å²) >= 11 is 0. The van der Waals surface area contributed by atoms with Gasteiger partial charge in [0.05, 0.1) is 0 Å². The Hall–Kier alpha value is -0.160. The molecule has 0 saturated carbocycles. The second kappa shape index (κ2) is 6.95. The van der Waals surface area contributed by atoms with E-state index in [4.69, 9.17) is 5.73 Å². The minimum Gasteiger partial charge on any atom is -0.329 e. The smallest absolute Gasteiger partial charge is 0.0357 e. The lowest BCUT2D eigenvalue weighted by Crippen LogP contribution is -2.66. The van der Waals surface area contributed by atoms with Crippen LogP contribution in [0, 0.1) is 5.92 Å². The average molecular weight is 297 g/mol. The molecule has 0 aromatic rings. The van der Waals surface area contributed by atoms with E-state index in [1.54, 1.807) is 0 Å². The topological polar surface area (TPSA) is 35.7 Å². The number of hydrogen-bond acceptors (Lipinski definition) is 4. The summed E-state index contributed by atoms with van der Waals surface area (Å²) in [7, 11) is 2.26. The van der Waals surface area contributed by atoms with Crippen molar-refractivity contribution in [2.24, 2.45) is 11.7 Å². The lowest BCUT2D eigenvalue weighted by molar-refractivity contribution is -0.0388. The van der Waals surface area contributed by atoms with Crippen LogP contribution in [-0.4, -0.2) is 78.6 Å². The third-order valence-corrected chi connectivity index (χ3v) is 5.82. The van der Waals surface area contributed by atoms with E-state index in [2.05, 4.69) is 49.4 Å². The molecule has 2 rings (SSSR count). The zero-order valence-electron chi connectivity index (χ0n) is 14.8. The molecule has 2 atom stereocenters. The summed E-state index contributed by atoms with van der Waals surface area (Å²) in [6.45, 7) is 16.1. The van der Waals surface area contributed by atoms with Crippen LogP contribution in [0.1, 0.15) is 40.5 Å². The zero-order valence-corrected chi connectivity index (χ0v) is 14.8. The van der Waals surface area contributed by atoms with Gasteiger partial charge in [-0.25, -0.2) is 0 Å². The van der Waals surface area contributed by atoms with Crippen molar-refractivity contribution in [1.29, 1.82) is 0 Å². The van der Waals surface area contributed by atoms with E-state index < -0.39 is 0 Å². The molecular weight excluding hydrogens is 260 g/mol. The highest BCUT2D eigenvalue weighted by Gasteiger charge is 2.42. The number of piperidine rings is 1. The molecule has 2 N–H and O–H groups in total. The number of likely N-dealkylation sites (N-methyl/N-ethyl adjacent to an activating group) is 1. The molecule has 2 saturated heterocycles. The van der Waals surface area contributed by atoms with Crippen molar-refractivity contribution in [3.05, 3.63) is 0 Å². The van der Waals surface area contributed by atoms with Crippen LogP contribution in [0.4, 0.5) is 0 Å². The predicted molar refractivity (Wildman–Crippen MR) is 90.6 cm³/mol. The van der Waals surface area contributed by atoms with E-state index in [1.807, 2.05) is 0 Å². The third-order valence-electron chi connectivity index (χ3n) is 5.82. The minimum absolute atomic E-state index is 0.247. The number of hydrogen-bond donors (Lipinski definition) is 1. The molecule has 2 fully saturated rings. The molecule has 0 aliphatic carbocycles. The molecule has 2 unspecified atom stereocenters. The van der Waals surface area contributed by atoms with E-state index in [-0.39, 0.29) is 5.54 Å². The van der Waals surface area contributed by atoms with Gasteiger partial charge in [-0.15, -0.1) is 0 Å².